The molecule has 2 aromatic heterocycles. The van der Waals surface area contributed by atoms with Crippen LogP contribution in [0.25, 0.3) is 22.6 Å². The molecule has 8 rings (SSSR count). The fraction of sp³-hybridized carbons (Fsp3) is 0.455. The number of halogens is 3. The summed E-state index contributed by atoms with van der Waals surface area (Å²) in [6.45, 7) is 0.722. The number of methoxy groups -OCH3 is 1. The van der Waals surface area contributed by atoms with Gasteiger partial charge in [0.1, 0.15) is 17.2 Å². The van der Waals surface area contributed by atoms with Crippen LogP contribution in [0.5, 0.6) is 5.75 Å². The molecule has 4 aliphatic rings. The van der Waals surface area contributed by atoms with Gasteiger partial charge in [-0.3, -0.25) is 0 Å². The van der Waals surface area contributed by atoms with Crippen molar-refractivity contribution >= 4 is 5.97 Å². The molecule has 2 bridgehead atoms. The van der Waals surface area contributed by atoms with Crippen molar-refractivity contribution in [1.29, 1.82) is 0 Å². The van der Waals surface area contributed by atoms with Gasteiger partial charge in [0, 0.05) is 28.0 Å². The Hall–Kier alpha value is -4.19. The number of esters is 1. The maximum Gasteiger partial charge on any atom is 0.573 e. The van der Waals surface area contributed by atoms with Gasteiger partial charge in [0.05, 0.1) is 25.9 Å². The first-order valence-corrected chi connectivity index (χ1v) is 15.1. The van der Waals surface area contributed by atoms with E-state index in [2.05, 4.69) is 15.1 Å². The summed E-state index contributed by atoms with van der Waals surface area (Å²) in [5.41, 5.74) is 2.27. The molecule has 4 aromatic rings. The summed E-state index contributed by atoms with van der Waals surface area (Å²) in [7, 11) is 1.34. The highest BCUT2D eigenvalue weighted by Crippen LogP contribution is 2.58. The lowest BCUT2D eigenvalue weighted by molar-refractivity contribution is -0.274. The normalized spacial score (nSPS) is 22.8. The van der Waals surface area contributed by atoms with Crippen LogP contribution in [0.3, 0.4) is 0 Å². The van der Waals surface area contributed by atoms with Crippen LogP contribution in [-0.4, -0.2) is 41.3 Å². The van der Waals surface area contributed by atoms with Gasteiger partial charge < -0.3 is 23.3 Å². The van der Waals surface area contributed by atoms with Gasteiger partial charge in [-0.1, -0.05) is 34.6 Å². The minimum Gasteiger partial charge on any atom is -0.465 e. The van der Waals surface area contributed by atoms with E-state index in [9.17, 15) is 18.0 Å². The number of hydrogen-bond donors (Lipinski definition) is 0. The average Bonchev–Trinajstić information content (AvgIpc) is 3.60. The lowest BCUT2D eigenvalue weighted by atomic mass is 9.54. The van der Waals surface area contributed by atoms with Crippen molar-refractivity contribution in [2.45, 2.75) is 75.7 Å². The number of aromatic nitrogens is 3. The van der Waals surface area contributed by atoms with Crippen molar-refractivity contribution in [3.63, 3.8) is 0 Å². The molecular formula is C33H32F3N3O6. The first-order valence-electron chi connectivity index (χ1n) is 15.1. The van der Waals surface area contributed by atoms with Gasteiger partial charge in [-0.25, -0.2) is 4.79 Å². The van der Waals surface area contributed by atoms with Crippen LogP contribution in [0.15, 0.2) is 57.6 Å². The maximum atomic E-state index is 13.1. The number of para-hydroxylation sites is 1. The molecule has 9 nitrogen and oxygen atoms in total. The monoisotopic (exact) mass is 623 g/mol. The molecule has 0 saturated heterocycles. The lowest BCUT2D eigenvalue weighted by Crippen LogP contribution is -2.46. The SMILES string of the molecule is COC(=O)c1ccc(-c2noc(C34CCC(COCc5c(-c6ccccc6OC(F)(F)F)noc5C5CC5)(CC3)CC4)n2)cc1. The molecule has 45 heavy (non-hydrogen) atoms. The van der Waals surface area contributed by atoms with E-state index in [1.54, 1.807) is 36.4 Å². The van der Waals surface area contributed by atoms with Crippen LogP contribution in [0.4, 0.5) is 13.2 Å². The van der Waals surface area contributed by atoms with Gasteiger partial charge in [-0.05, 0) is 81.0 Å². The fourth-order valence-electron chi connectivity index (χ4n) is 6.81. The summed E-state index contributed by atoms with van der Waals surface area (Å²) in [4.78, 5) is 16.5. The third kappa shape index (κ3) is 5.83. The van der Waals surface area contributed by atoms with Crippen LogP contribution in [0.2, 0.25) is 0 Å². The van der Waals surface area contributed by atoms with Crippen molar-refractivity contribution in [2.24, 2.45) is 5.41 Å². The van der Waals surface area contributed by atoms with Gasteiger partial charge in [0.15, 0.2) is 0 Å². The molecule has 0 spiro atoms. The van der Waals surface area contributed by atoms with Crippen molar-refractivity contribution in [3.8, 4) is 28.4 Å². The van der Waals surface area contributed by atoms with E-state index < -0.39 is 12.3 Å². The van der Waals surface area contributed by atoms with Crippen LogP contribution in [0, 0.1) is 5.41 Å². The Balaban J connectivity index is 1.02. The Kier molecular flexibility index (Phi) is 7.42. The number of benzene rings is 2. The zero-order valence-corrected chi connectivity index (χ0v) is 24.7. The highest BCUT2D eigenvalue weighted by Gasteiger charge is 2.52. The second kappa shape index (κ2) is 11.3. The topological polar surface area (TPSA) is 110 Å². The van der Waals surface area contributed by atoms with Crippen molar-refractivity contribution < 1.29 is 41.2 Å². The summed E-state index contributed by atoms with van der Waals surface area (Å²) in [6, 6.07) is 12.9. The Bertz CT molecular complexity index is 1670. The number of fused-ring (bicyclic) bond motifs is 3. The van der Waals surface area contributed by atoms with Crippen molar-refractivity contribution in [1.82, 2.24) is 15.3 Å². The van der Waals surface area contributed by atoms with E-state index in [0.717, 1.165) is 56.9 Å². The lowest BCUT2D eigenvalue weighted by Gasteiger charge is -2.51. The molecule has 4 aliphatic carbocycles. The number of carbonyl (C=O) groups is 1. The molecule has 0 amide bonds. The molecule has 0 radical (unpaired) electrons. The molecule has 2 heterocycles. The van der Waals surface area contributed by atoms with E-state index in [-0.39, 0.29) is 34.7 Å². The van der Waals surface area contributed by atoms with Gasteiger partial charge in [0.2, 0.25) is 11.7 Å². The third-order valence-electron chi connectivity index (χ3n) is 9.63. The molecule has 4 saturated carbocycles. The Morgan fingerprint density at radius 1 is 0.956 bits per heavy atom. The van der Waals surface area contributed by atoms with E-state index >= 15 is 0 Å². The van der Waals surface area contributed by atoms with E-state index in [1.165, 1.54) is 19.2 Å². The Morgan fingerprint density at radius 3 is 2.33 bits per heavy atom. The molecule has 0 unspecified atom stereocenters. The van der Waals surface area contributed by atoms with Gasteiger partial charge in [-0.2, -0.15) is 4.98 Å². The molecule has 4 fully saturated rings. The summed E-state index contributed by atoms with van der Waals surface area (Å²) < 4.78 is 66.2. The van der Waals surface area contributed by atoms with Gasteiger partial charge in [-0.15, -0.1) is 13.2 Å². The van der Waals surface area contributed by atoms with Crippen molar-refractivity contribution in [3.05, 3.63) is 71.3 Å². The number of carbonyl (C=O) groups excluding carboxylic acids is 1. The zero-order chi connectivity index (χ0) is 31.2. The zero-order valence-electron chi connectivity index (χ0n) is 24.7. The molecule has 0 atom stereocenters. The third-order valence-corrected chi connectivity index (χ3v) is 9.63. The first kappa shape index (κ1) is 29.5. The highest BCUT2D eigenvalue weighted by atomic mass is 19.4. The first-order chi connectivity index (χ1) is 21.7. The number of alkyl halides is 3. The Labute approximate surface area is 257 Å². The standard InChI is InChI=1S/C33H32F3N3O6/c1-41-29(40)22-10-8-21(9-11-22)28-37-30(45-39-28)32-15-12-31(13-16-32,14-17-32)19-42-18-24-26(38-44-27(24)20-6-7-20)23-4-2-3-5-25(23)43-33(34,35)36/h2-5,8-11,20H,6-7,12-19H2,1H3. The van der Waals surface area contributed by atoms with Gasteiger partial charge in [0.25, 0.3) is 0 Å². The predicted molar refractivity (Wildman–Crippen MR) is 153 cm³/mol. The van der Waals surface area contributed by atoms with Crippen LogP contribution < -0.4 is 4.74 Å². The second-order valence-electron chi connectivity index (χ2n) is 12.5. The smallest absolute Gasteiger partial charge is 0.465 e. The minimum absolute atomic E-state index is 0.00267. The molecule has 12 heteroatoms. The van der Waals surface area contributed by atoms with Crippen LogP contribution in [-0.2, 0) is 21.5 Å². The maximum absolute atomic E-state index is 13.1. The largest absolute Gasteiger partial charge is 0.573 e. The summed E-state index contributed by atoms with van der Waals surface area (Å²) in [6.07, 6.45) is 2.57. The van der Waals surface area contributed by atoms with Crippen LogP contribution >= 0.6 is 0 Å². The number of ether oxygens (including phenoxy) is 3. The second-order valence-corrected chi connectivity index (χ2v) is 12.5. The van der Waals surface area contributed by atoms with Crippen LogP contribution in [0.1, 0.15) is 84.9 Å². The molecule has 236 valence electrons. The summed E-state index contributed by atoms with van der Waals surface area (Å²) >= 11 is 0. The van der Waals surface area contributed by atoms with Crippen molar-refractivity contribution in [2.75, 3.05) is 13.7 Å². The fourth-order valence-corrected chi connectivity index (χ4v) is 6.81. The average molecular weight is 624 g/mol. The quantitative estimate of drug-likeness (QED) is 0.164. The molecule has 2 aromatic carbocycles. The van der Waals surface area contributed by atoms with E-state index in [4.69, 9.17) is 23.5 Å². The van der Waals surface area contributed by atoms with Gasteiger partial charge >= 0.3 is 12.3 Å². The predicted octanol–water partition coefficient (Wildman–Crippen LogP) is 7.76. The van der Waals surface area contributed by atoms with E-state index in [1.807, 2.05) is 0 Å². The minimum atomic E-state index is -4.83. The molecule has 0 aliphatic heterocycles. The summed E-state index contributed by atoms with van der Waals surface area (Å²) in [5.74, 6) is 1.29. The number of rotatable bonds is 10. The summed E-state index contributed by atoms with van der Waals surface area (Å²) in [5, 5.41) is 8.42. The van der Waals surface area contributed by atoms with E-state index in [0.29, 0.717) is 40.9 Å². The highest BCUT2D eigenvalue weighted by molar-refractivity contribution is 5.89. The number of hydrogen-bond acceptors (Lipinski definition) is 9. The Morgan fingerprint density at radius 2 is 1.67 bits per heavy atom. The molecule has 0 N–H and O–H groups in total. The number of nitrogens with zero attached hydrogens (tertiary/aromatic N) is 3. The molecular weight excluding hydrogens is 591 g/mol.